The lowest BCUT2D eigenvalue weighted by molar-refractivity contribution is -0.313. The molecular weight excluding hydrogens is 464 g/mol. The van der Waals surface area contributed by atoms with Crippen LogP contribution >= 0.6 is 0 Å². The van der Waals surface area contributed by atoms with E-state index in [0.29, 0.717) is 6.04 Å². The summed E-state index contributed by atoms with van der Waals surface area (Å²) in [7, 11) is 0. The number of rotatable bonds is 6. The first kappa shape index (κ1) is 24.8. The molecule has 0 radical (unpaired) electrons. The Balaban J connectivity index is 1.48. The van der Waals surface area contributed by atoms with E-state index in [-0.39, 0.29) is 11.4 Å². The molecule has 5 fully saturated rings. The van der Waals surface area contributed by atoms with E-state index in [1.54, 1.807) is 0 Å². The zero-order valence-corrected chi connectivity index (χ0v) is 22.7. The highest BCUT2D eigenvalue weighted by molar-refractivity contribution is 5.24. The Kier molecular flexibility index (Phi) is 6.96. The van der Waals surface area contributed by atoms with E-state index in [1.165, 1.54) is 64.7 Å². The van der Waals surface area contributed by atoms with Crippen molar-refractivity contribution in [2.75, 3.05) is 85.1 Å². The summed E-state index contributed by atoms with van der Waals surface area (Å²) in [4.78, 5) is 8.81. The van der Waals surface area contributed by atoms with E-state index in [9.17, 15) is 0 Å². The van der Waals surface area contributed by atoms with Crippen molar-refractivity contribution in [3.05, 3.63) is 24.6 Å². The molecule has 7 aliphatic heterocycles. The molecule has 10 heteroatoms. The van der Waals surface area contributed by atoms with Gasteiger partial charge in [0.1, 0.15) is 5.66 Å². The Hall–Kier alpha value is -1.24. The minimum absolute atomic E-state index is 0.174. The van der Waals surface area contributed by atoms with Crippen molar-refractivity contribution in [1.82, 2.24) is 50.9 Å². The third-order valence-electron chi connectivity index (χ3n) is 10.0. The van der Waals surface area contributed by atoms with Crippen LogP contribution in [0.25, 0.3) is 0 Å². The van der Waals surface area contributed by atoms with Crippen LogP contribution in [-0.2, 0) is 0 Å². The van der Waals surface area contributed by atoms with Crippen molar-refractivity contribution in [2.45, 2.75) is 62.4 Å². The fourth-order valence-electron chi connectivity index (χ4n) is 8.69. The van der Waals surface area contributed by atoms with Crippen molar-refractivity contribution < 1.29 is 0 Å². The van der Waals surface area contributed by atoms with Crippen LogP contribution in [-0.4, -0.2) is 137 Å². The van der Waals surface area contributed by atoms with E-state index in [0.717, 1.165) is 65.3 Å². The third kappa shape index (κ3) is 3.75. The molecule has 0 aromatic rings. The van der Waals surface area contributed by atoms with Gasteiger partial charge in [-0.15, -0.1) is 0 Å². The second kappa shape index (κ2) is 10.4. The summed E-state index contributed by atoms with van der Waals surface area (Å²) in [6, 6.07) is 0.435. The number of hydrazine groups is 3. The molecule has 5 saturated heterocycles. The van der Waals surface area contributed by atoms with Gasteiger partial charge in [0.25, 0.3) is 0 Å². The Labute approximate surface area is 223 Å². The summed E-state index contributed by atoms with van der Waals surface area (Å²) >= 11 is 0. The van der Waals surface area contributed by atoms with Gasteiger partial charge in [0.05, 0.1) is 6.04 Å². The molecule has 0 amide bonds. The summed E-state index contributed by atoms with van der Waals surface area (Å²) in [6.07, 6.45) is 18.2. The molecule has 0 bridgehead atoms. The van der Waals surface area contributed by atoms with Crippen LogP contribution < -0.4 is 16.2 Å². The predicted molar refractivity (Wildman–Crippen MR) is 145 cm³/mol. The van der Waals surface area contributed by atoms with E-state index in [2.05, 4.69) is 75.5 Å². The molecule has 7 aliphatic rings. The summed E-state index contributed by atoms with van der Waals surface area (Å²) in [5.41, 5.74) is 7.59. The number of nitrogens with zero attached hydrogens (tertiary/aromatic N) is 7. The predicted octanol–water partition coefficient (Wildman–Crippen LogP) is 0.186. The highest BCUT2D eigenvalue weighted by Gasteiger charge is 2.77. The van der Waals surface area contributed by atoms with Crippen LogP contribution in [0.3, 0.4) is 0 Å². The summed E-state index contributed by atoms with van der Waals surface area (Å²) in [6.45, 7) is 14.3. The molecule has 3 N–H and O–H groups in total. The number of piperazine rings is 1. The first-order valence-corrected chi connectivity index (χ1v) is 15.2. The minimum Gasteiger partial charge on any atom is -0.323 e. The molecule has 10 nitrogen and oxygen atoms in total. The Morgan fingerprint density at radius 3 is 2.16 bits per heavy atom. The molecule has 0 aliphatic carbocycles. The molecule has 7 rings (SSSR count). The zero-order valence-electron chi connectivity index (χ0n) is 22.7. The Morgan fingerprint density at radius 1 is 0.703 bits per heavy atom. The number of piperidine rings is 1. The van der Waals surface area contributed by atoms with Crippen molar-refractivity contribution in [3.8, 4) is 0 Å². The molecule has 3 atom stereocenters. The molecule has 0 spiro atoms. The minimum atomic E-state index is -0.385. The number of nitrogens with one attached hydrogen (secondary N) is 3. The first-order valence-electron chi connectivity index (χ1n) is 15.2. The summed E-state index contributed by atoms with van der Waals surface area (Å²) in [5, 5.41) is 14.3. The fourth-order valence-corrected chi connectivity index (χ4v) is 8.69. The lowest BCUT2D eigenvalue weighted by Crippen LogP contribution is -2.89. The van der Waals surface area contributed by atoms with Gasteiger partial charge >= 0.3 is 0 Å². The smallest absolute Gasteiger partial charge is 0.212 e. The molecule has 7 heterocycles. The first-order chi connectivity index (χ1) is 18.4. The van der Waals surface area contributed by atoms with Crippen molar-refractivity contribution >= 4 is 0 Å². The molecule has 0 aromatic heterocycles. The van der Waals surface area contributed by atoms with E-state index < -0.39 is 0 Å². The van der Waals surface area contributed by atoms with E-state index >= 15 is 0 Å². The summed E-state index contributed by atoms with van der Waals surface area (Å²) in [5.74, 6) is -0.385. The normalized spacial score (nSPS) is 39.5. The van der Waals surface area contributed by atoms with Gasteiger partial charge in [-0.05, 0) is 51.6 Å². The van der Waals surface area contributed by atoms with Crippen LogP contribution in [0.1, 0.15) is 44.9 Å². The molecular formula is C27H48N10. The summed E-state index contributed by atoms with van der Waals surface area (Å²) < 4.78 is 0. The Bertz CT molecular complexity index is 810. The SMILES string of the molecule is C1=CN(N2CC(N3CCCC3)C(N3CCCCC3)(N3CCNCC3)C2(N2CC=CN2)N2CCCN2)CC1. The quantitative estimate of drug-likeness (QED) is 0.460. The average molecular weight is 513 g/mol. The Morgan fingerprint density at radius 2 is 1.49 bits per heavy atom. The molecule has 0 saturated carbocycles. The largest absolute Gasteiger partial charge is 0.323 e. The second-order valence-electron chi connectivity index (χ2n) is 11.9. The van der Waals surface area contributed by atoms with Crippen LogP contribution in [0.4, 0.5) is 0 Å². The number of likely N-dealkylation sites (tertiary alicyclic amines) is 2. The lowest BCUT2D eigenvalue weighted by atomic mass is 9.86. The molecule has 0 aromatic carbocycles. The topological polar surface area (TPSA) is 58.8 Å². The molecule has 3 unspecified atom stereocenters. The van der Waals surface area contributed by atoms with Gasteiger partial charge in [0, 0.05) is 84.4 Å². The second-order valence-corrected chi connectivity index (χ2v) is 11.9. The highest BCUT2D eigenvalue weighted by Crippen LogP contribution is 2.53. The average Bonchev–Trinajstić information content (AvgIpc) is 3.78. The lowest BCUT2D eigenvalue weighted by Gasteiger charge is -2.66. The van der Waals surface area contributed by atoms with Crippen LogP contribution in [0.15, 0.2) is 24.6 Å². The van der Waals surface area contributed by atoms with Crippen LogP contribution in [0.5, 0.6) is 0 Å². The maximum atomic E-state index is 3.96. The standard InChI is InChI=1S/C27H48N10/c1-2-16-32(17-3-1)26(33-22-12-28-13-23-33)25(31-14-4-5-15-31)24-37(34-18-6-7-19-34)27(26,35-20-8-10-29-35)36-21-9-11-30-36/h6,8,10,18,25,28-30H,1-5,7,9,11-17,19-24H2. The van der Waals surface area contributed by atoms with Crippen LogP contribution in [0.2, 0.25) is 0 Å². The zero-order chi connectivity index (χ0) is 24.7. The van der Waals surface area contributed by atoms with Gasteiger partial charge in [-0.3, -0.25) is 20.1 Å². The van der Waals surface area contributed by atoms with Crippen LogP contribution in [0, 0.1) is 0 Å². The van der Waals surface area contributed by atoms with Crippen molar-refractivity contribution in [3.63, 3.8) is 0 Å². The van der Waals surface area contributed by atoms with Crippen molar-refractivity contribution in [1.29, 1.82) is 0 Å². The monoisotopic (exact) mass is 512 g/mol. The molecule has 206 valence electrons. The highest BCUT2D eigenvalue weighted by atomic mass is 15.9. The maximum absolute atomic E-state index is 3.96. The van der Waals surface area contributed by atoms with Gasteiger partial charge in [-0.25, -0.2) is 5.01 Å². The van der Waals surface area contributed by atoms with Gasteiger partial charge < -0.3 is 15.8 Å². The number of hydrogen-bond donors (Lipinski definition) is 3. The van der Waals surface area contributed by atoms with Gasteiger partial charge in [-0.2, -0.15) is 10.0 Å². The van der Waals surface area contributed by atoms with E-state index in [1.807, 2.05) is 0 Å². The number of hydrogen-bond acceptors (Lipinski definition) is 10. The van der Waals surface area contributed by atoms with Gasteiger partial charge in [0.15, 0.2) is 0 Å². The maximum Gasteiger partial charge on any atom is 0.212 e. The van der Waals surface area contributed by atoms with E-state index in [4.69, 9.17) is 0 Å². The molecule has 37 heavy (non-hydrogen) atoms. The van der Waals surface area contributed by atoms with Gasteiger partial charge in [0.2, 0.25) is 5.79 Å². The van der Waals surface area contributed by atoms with Crippen molar-refractivity contribution in [2.24, 2.45) is 0 Å². The fraction of sp³-hybridized carbons (Fsp3) is 0.852. The van der Waals surface area contributed by atoms with Gasteiger partial charge in [-0.1, -0.05) is 18.6 Å². The third-order valence-corrected chi connectivity index (χ3v) is 10.0.